The number of halogens is 1. The summed E-state index contributed by atoms with van der Waals surface area (Å²) in [6, 6.07) is 13.9. The normalized spacial score (nSPS) is 18.0. The Balaban J connectivity index is 1.81. The molecule has 0 N–H and O–H groups in total. The quantitative estimate of drug-likeness (QED) is 0.821. The molecule has 1 aliphatic heterocycles. The molecule has 1 amide bonds. The van der Waals surface area contributed by atoms with Crippen LogP contribution in [0.1, 0.15) is 0 Å². The first-order valence-corrected chi connectivity index (χ1v) is 9.33. The molecule has 3 rings (SSSR count). The maximum atomic E-state index is 13.6. The summed E-state index contributed by atoms with van der Waals surface area (Å²) in [7, 11) is -3.33. The standard InChI is InChI=1S/C18H16FNO4S/c19-16-8-4-5-9-17(16)24-12-18(21)20(14-6-2-1-3-7-14)15-10-11-25(22,23)13-15/h1-11,15H,12-13H2/t15-/m0/s1. The van der Waals surface area contributed by atoms with Crippen LogP contribution in [0.2, 0.25) is 0 Å². The molecule has 130 valence electrons. The second-order valence-electron chi connectivity index (χ2n) is 5.54. The number of carbonyl (C=O) groups excluding carboxylic acids is 1. The highest BCUT2D eigenvalue weighted by molar-refractivity contribution is 7.94. The van der Waals surface area contributed by atoms with Gasteiger partial charge in [0.15, 0.2) is 28.0 Å². The van der Waals surface area contributed by atoms with Gasteiger partial charge in [-0.3, -0.25) is 4.79 Å². The molecule has 0 aromatic heterocycles. The number of hydrogen-bond acceptors (Lipinski definition) is 4. The summed E-state index contributed by atoms with van der Waals surface area (Å²) in [4.78, 5) is 14.0. The van der Waals surface area contributed by atoms with Crippen LogP contribution >= 0.6 is 0 Å². The average molecular weight is 361 g/mol. The predicted octanol–water partition coefficient (Wildman–Crippen LogP) is 2.55. The van der Waals surface area contributed by atoms with Crippen molar-refractivity contribution >= 4 is 21.4 Å². The van der Waals surface area contributed by atoms with Gasteiger partial charge in [-0.15, -0.1) is 0 Å². The number of benzene rings is 2. The summed E-state index contributed by atoms with van der Waals surface area (Å²) in [5.41, 5.74) is 0.552. The predicted molar refractivity (Wildman–Crippen MR) is 92.5 cm³/mol. The van der Waals surface area contributed by atoms with E-state index < -0.39 is 34.2 Å². The highest BCUT2D eigenvalue weighted by atomic mass is 32.2. The van der Waals surface area contributed by atoms with Crippen LogP contribution in [-0.4, -0.2) is 32.7 Å². The Morgan fingerprint density at radius 2 is 1.80 bits per heavy atom. The van der Waals surface area contributed by atoms with Gasteiger partial charge >= 0.3 is 0 Å². The van der Waals surface area contributed by atoms with Crippen molar-refractivity contribution in [2.24, 2.45) is 0 Å². The smallest absolute Gasteiger partial charge is 0.265 e. The van der Waals surface area contributed by atoms with Gasteiger partial charge in [0.25, 0.3) is 5.91 Å². The summed E-state index contributed by atoms with van der Waals surface area (Å²) < 4.78 is 42.3. The lowest BCUT2D eigenvalue weighted by Crippen LogP contribution is -2.43. The van der Waals surface area contributed by atoms with Crippen LogP contribution in [0.15, 0.2) is 66.1 Å². The Labute approximate surface area is 145 Å². The number of hydrogen-bond donors (Lipinski definition) is 0. The van der Waals surface area contributed by atoms with E-state index >= 15 is 0 Å². The molecule has 0 saturated heterocycles. The van der Waals surface area contributed by atoms with Gasteiger partial charge in [-0.05, 0) is 30.3 Å². The van der Waals surface area contributed by atoms with E-state index in [1.54, 1.807) is 36.4 Å². The third-order valence-corrected chi connectivity index (χ3v) is 5.11. The van der Waals surface area contributed by atoms with E-state index in [-0.39, 0.29) is 11.5 Å². The van der Waals surface area contributed by atoms with Crippen LogP contribution in [0.5, 0.6) is 5.75 Å². The molecule has 0 saturated carbocycles. The van der Waals surface area contributed by atoms with Gasteiger partial charge in [-0.1, -0.05) is 30.3 Å². The zero-order valence-electron chi connectivity index (χ0n) is 13.2. The lowest BCUT2D eigenvalue weighted by molar-refractivity contribution is -0.120. The SMILES string of the molecule is O=C(COc1ccccc1F)N(c1ccccc1)[C@H]1C=CS(=O)(=O)C1. The minimum absolute atomic E-state index is 0.0292. The van der Waals surface area contributed by atoms with E-state index in [1.165, 1.54) is 29.2 Å². The van der Waals surface area contributed by atoms with Crippen LogP contribution in [0.3, 0.4) is 0 Å². The van der Waals surface area contributed by atoms with E-state index in [0.29, 0.717) is 5.69 Å². The minimum Gasteiger partial charge on any atom is -0.481 e. The molecule has 1 atom stereocenters. The molecule has 0 radical (unpaired) electrons. The summed E-state index contributed by atoms with van der Waals surface area (Å²) in [5.74, 6) is -1.24. The van der Waals surface area contributed by atoms with E-state index in [1.807, 2.05) is 0 Å². The molecule has 0 fully saturated rings. The van der Waals surface area contributed by atoms with Crippen LogP contribution in [0, 0.1) is 5.82 Å². The van der Waals surface area contributed by atoms with Crippen molar-refractivity contribution < 1.29 is 22.3 Å². The average Bonchev–Trinajstić information content (AvgIpc) is 2.95. The topological polar surface area (TPSA) is 63.7 Å². The maximum Gasteiger partial charge on any atom is 0.265 e. The van der Waals surface area contributed by atoms with Crippen LogP contribution < -0.4 is 9.64 Å². The Morgan fingerprint density at radius 3 is 2.44 bits per heavy atom. The largest absolute Gasteiger partial charge is 0.481 e. The van der Waals surface area contributed by atoms with Gasteiger partial charge in [-0.25, -0.2) is 12.8 Å². The molecule has 25 heavy (non-hydrogen) atoms. The number of anilines is 1. The molecule has 5 nitrogen and oxygen atoms in total. The van der Waals surface area contributed by atoms with E-state index in [0.717, 1.165) is 5.41 Å². The number of para-hydroxylation sites is 2. The number of ether oxygens (including phenoxy) is 1. The fourth-order valence-corrected chi connectivity index (χ4v) is 3.87. The number of carbonyl (C=O) groups is 1. The van der Waals surface area contributed by atoms with Crippen molar-refractivity contribution in [2.75, 3.05) is 17.3 Å². The first-order chi connectivity index (χ1) is 12.0. The summed E-state index contributed by atoms with van der Waals surface area (Å²) in [6.45, 7) is -0.403. The monoisotopic (exact) mass is 361 g/mol. The Hall–Kier alpha value is -2.67. The highest BCUT2D eigenvalue weighted by Gasteiger charge is 2.31. The van der Waals surface area contributed by atoms with Gasteiger partial charge in [0, 0.05) is 11.1 Å². The van der Waals surface area contributed by atoms with Crippen LogP contribution in [-0.2, 0) is 14.6 Å². The lowest BCUT2D eigenvalue weighted by atomic mass is 10.2. The van der Waals surface area contributed by atoms with Crippen molar-refractivity contribution in [1.82, 2.24) is 0 Å². The Bertz CT molecular complexity index is 896. The summed E-state index contributed by atoms with van der Waals surface area (Å²) in [5, 5.41) is 1.11. The van der Waals surface area contributed by atoms with Gasteiger partial charge < -0.3 is 9.64 Å². The van der Waals surface area contributed by atoms with E-state index in [2.05, 4.69) is 0 Å². The minimum atomic E-state index is -3.33. The van der Waals surface area contributed by atoms with Gasteiger partial charge in [-0.2, -0.15) is 0 Å². The lowest BCUT2D eigenvalue weighted by Gasteiger charge is -2.27. The number of sulfone groups is 1. The first-order valence-electron chi connectivity index (χ1n) is 7.62. The summed E-state index contributed by atoms with van der Waals surface area (Å²) >= 11 is 0. The van der Waals surface area contributed by atoms with Gasteiger partial charge in [0.1, 0.15) is 0 Å². The Morgan fingerprint density at radius 1 is 1.12 bits per heavy atom. The molecular weight excluding hydrogens is 345 g/mol. The molecule has 0 aliphatic carbocycles. The molecule has 2 aromatic rings. The zero-order valence-corrected chi connectivity index (χ0v) is 14.0. The third-order valence-electron chi connectivity index (χ3n) is 3.73. The fourth-order valence-electron chi connectivity index (χ4n) is 2.60. The second-order valence-corrected chi connectivity index (χ2v) is 7.48. The van der Waals surface area contributed by atoms with E-state index in [9.17, 15) is 17.6 Å². The van der Waals surface area contributed by atoms with Crippen molar-refractivity contribution in [1.29, 1.82) is 0 Å². The van der Waals surface area contributed by atoms with Crippen molar-refractivity contribution in [3.63, 3.8) is 0 Å². The molecule has 1 aliphatic rings. The van der Waals surface area contributed by atoms with Gasteiger partial charge in [0.05, 0.1) is 11.8 Å². The molecule has 0 spiro atoms. The Kier molecular flexibility index (Phi) is 4.85. The highest BCUT2D eigenvalue weighted by Crippen LogP contribution is 2.23. The molecule has 0 bridgehead atoms. The van der Waals surface area contributed by atoms with Crippen molar-refractivity contribution in [3.8, 4) is 5.75 Å². The second kappa shape index (κ2) is 7.06. The molecule has 2 aromatic carbocycles. The van der Waals surface area contributed by atoms with Crippen molar-refractivity contribution in [3.05, 3.63) is 71.9 Å². The number of nitrogens with zero attached hydrogens (tertiary/aromatic N) is 1. The first kappa shape index (κ1) is 17.2. The molecule has 1 heterocycles. The molecular formula is C18H16FNO4S. The third kappa shape index (κ3) is 4.06. The molecule has 7 heteroatoms. The number of amides is 1. The zero-order chi connectivity index (χ0) is 17.9. The number of rotatable bonds is 5. The van der Waals surface area contributed by atoms with Crippen LogP contribution in [0.4, 0.5) is 10.1 Å². The molecule has 0 unspecified atom stereocenters. The van der Waals surface area contributed by atoms with E-state index in [4.69, 9.17) is 4.74 Å². The maximum absolute atomic E-state index is 13.6. The fraction of sp³-hybridized carbons (Fsp3) is 0.167. The van der Waals surface area contributed by atoms with Crippen molar-refractivity contribution in [2.45, 2.75) is 6.04 Å². The van der Waals surface area contributed by atoms with Crippen LogP contribution in [0.25, 0.3) is 0 Å². The summed E-state index contributed by atoms with van der Waals surface area (Å²) in [6.07, 6.45) is 1.48. The van der Waals surface area contributed by atoms with Gasteiger partial charge in [0.2, 0.25) is 0 Å².